The predicted molar refractivity (Wildman–Crippen MR) is 112 cm³/mol. The summed E-state index contributed by atoms with van der Waals surface area (Å²) >= 11 is 4.74. The molecule has 144 valence electrons. The van der Waals surface area contributed by atoms with E-state index in [0.717, 1.165) is 16.9 Å². The van der Waals surface area contributed by atoms with Crippen molar-refractivity contribution in [2.45, 2.75) is 13.0 Å². The molecule has 2 aromatic heterocycles. The molecule has 0 aliphatic heterocycles. The average molecular weight is 396 g/mol. The Bertz CT molecular complexity index is 1010. The van der Waals surface area contributed by atoms with Crippen LogP contribution < -0.4 is 16.5 Å². The summed E-state index contributed by atoms with van der Waals surface area (Å²) in [7, 11) is 1.88. The Balaban J connectivity index is 1.97. The van der Waals surface area contributed by atoms with Gasteiger partial charge in [0.2, 0.25) is 5.95 Å². The van der Waals surface area contributed by atoms with Crippen LogP contribution in [-0.2, 0) is 7.05 Å². The summed E-state index contributed by atoms with van der Waals surface area (Å²) < 4.78 is 1.86. The third kappa shape index (κ3) is 4.87. The number of rotatable bonds is 6. The molecule has 0 spiro atoms. The van der Waals surface area contributed by atoms with E-state index in [2.05, 4.69) is 30.8 Å². The van der Waals surface area contributed by atoms with Gasteiger partial charge in [-0.3, -0.25) is 5.43 Å². The summed E-state index contributed by atoms with van der Waals surface area (Å²) in [5.41, 5.74) is 11.5. The quantitative estimate of drug-likeness (QED) is 0.282. The molecule has 10 heteroatoms. The number of thiocarbonyl (C=S) groups is 1. The largest absolute Gasteiger partial charge is 0.389 e. The molecule has 3 rings (SSSR count). The van der Waals surface area contributed by atoms with E-state index in [1.54, 1.807) is 25.5 Å². The Morgan fingerprint density at radius 2 is 2.18 bits per heavy atom. The van der Waals surface area contributed by atoms with Crippen molar-refractivity contribution in [1.29, 1.82) is 0 Å². The van der Waals surface area contributed by atoms with E-state index in [-0.39, 0.29) is 5.11 Å². The van der Waals surface area contributed by atoms with Crippen molar-refractivity contribution in [2.75, 3.05) is 5.32 Å². The normalized spacial score (nSPS) is 12.1. The van der Waals surface area contributed by atoms with Gasteiger partial charge in [-0.2, -0.15) is 5.10 Å². The summed E-state index contributed by atoms with van der Waals surface area (Å²) in [6, 6.07) is 9.19. The van der Waals surface area contributed by atoms with Gasteiger partial charge in [0.05, 0.1) is 41.9 Å². The molecular weight excluding hydrogens is 376 g/mol. The Morgan fingerprint density at radius 1 is 1.36 bits per heavy atom. The third-order valence-corrected chi connectivity index (χ3v) is 3.91. The minimum Gasteiger partial charge on any atom is -0.389 e. The molecule has 0 aliphatic rings. The summed E-state index contributed by atoms with van der Waals surface area (Å²) in [6.07, 6.45) is 4.34. The SMILES string of the molecule is CC(O)c1cccc(Nc2nc(C=NNC(N)=S)cc(-c3cncn3C)n2)c1. The lowest BCUT2D eigenvalue weighted by Gasteiger charge is -2.11. The van der Waals surface area contributed by atoms with E-state index in [1.807, 2.05) is 35.9 Å². The number of hydrogen-bond donors (Lipinski definition) is 4. The van der Waals surface area contributed by atoms with E-state index < -0.39 is 6.10 Å². The van der Waals surface area contributed by atoms with Crippen molar-refractivity contribution in [2.24, 2.45) is 17.9 Å². The topological polar surface area (TPSA) is 126 Å². The number of imidazole rings is 1. The Kier molecular flexibility index (Phi) is 5.92. The van der Waals surface area contributed by atoms with Gasteiger partial charge in [-0.15, -0.1) is 0 Å². The fraction of sp³-hybridized carbons (Fsp3) is 0.167. The van der Waals surface area contributed by atoms with Crippen molar-refractivity contribution < 1.29 is 5.11 Å². The number of hydrogen-bond acceptors (Lipinski definition) is 7. The number of aliphatic hydroxyl groups excluding tert-OH is 1. The number of aryl methyl sites for hydroxylation is 1. The first-order valence-corrected chi connectivity index (χ1v) is 8.82. The predicted octanol–water partition coefficient (Wildman–Crippen LogP) is 1.84. The maximum absolute atomic E-state index is 9.79. The highest BCUT2D eigenvalue weighted by Gasteiger charge is 2.10. The second kappa shape index (κ2) is 8.55. The summed E-state index contributed by atoms with van der Waals surface area (Å²) in [6.45, 7) is 1.71. The molecule has 0 radical (unpaired) electrons. The standard InChI is InChI=1S/C18H20N8OS/c1-11(27)12-4-3-5-13(6-12)22-18-23-14(8-21-25-17(19)28)7-15(24-18)16-9-20-10-26(16)2/h3-11,27H,1-2H3,(H3,19,25,28)(H,22,23,24). The molecule has 28 heavy (non-hydrogen) atoms. The maximum Gasteiger partial charge on any atom is 0.228 e. The first-order chi connectivity index (χ1) is 13.4. The van der Waals surface area contributed by atoms with Crippen LogP contribution in [-0.4, -0.2) is 36.0 Å². The van der Waals surface area contributed by atoms with Crippen LogP contribution in [0.1, 0.15) is 24.3 Å². The highest BCUT2D eigenvalue weighted by atomic mass is 32.1. The van der Waals surface area contributed by atoms with Crippen molar-refractivity contribution in [3.8, 4) is 11.4 Å². The first kappa shape index (κ1) is 19.4. The number of hydrazone groups is 1. The highest BCUT2D eigenvalue weighted by molar-refractivity contribution is 7.80. The van der Waals surface area contributed by atoms with Crippen LogP contribution in [0.3, 0.4) is 0 Å². The van der Waals surface area contributed by atoms with Crippen LogP contribution in [0.15, 0.2) is 48.0 Å². The molecule has 0 amide bonds. The van der Waals surface area contributed by atoms with E-state index >= 15 is 0 Å². The summed E-state index contributed by atoms with van der Waals surface area (Å²) in [5.74, 6) is 0.373. The molecule has 5 N–H and O–H groups in total. The van der Waals surface area contributed by atoms with Gasteiger partial charge >= 0.3 is 0 Å². The maximum atomic E-state index is 9.79. The van der Waals surface area contributed by atoms with Gasteiger partial charge in [0, 0.05) is 12.7 Å². The van der Waals surface area contributed by atoms with Gasteiger partial charge in [0.1, 0.15) is 0 Å². The number of anilines is 2. The van der Waals surface area contributed by atoms with Crippen molar-refractivity contribution in [1.82, 2.24) is 24.9 Å². The van der Waals surface area contributed by atoms with E-state index in [9.17, 15) is 5.11 Å². The minimum atomic E-state index is -0.572. The van der Waals surface area contributed by atoms with Crippen LogP contribution in [0.25, 0.3) is 11.4 Å². The number of benzene rings is 1. The first-order valence-electron chi connectivity index (χ1n) is 8.41. The molecule has 0 aliphatic carbocycles. The zero-order valence-corrected chi connectivity index (χ0v) is 16.2. The van der Waals surface area contributed by atoms with Crippen molar-refractivity contribution >= 4 is 35.2 Å². The molecule has 0 bridgehead atoms. The van der Waals surface area contributed by atoms with Crippen LogP contribution >= 0.6 is 12.2 Å². The molecule has 0 fully saturated rings. The van der Waals surface area contributed by atoms with Gasteiger partial charge in [0.15, 0.2) is 5.11 Å². The second-order valence-electron chi connectivity index (χ2n) is 6.05. The second-order valence-corrected chi connectivity index (χ2v) is 6.49. The van der Waals surface area contributed by atoms with Crippen LogP contribution in [0.4, 0.5) is 11.6 Å². The van der Waals surface area contributed by atoms with Gasteiger partial charge in [0.25, 0.3) is 0 Å². The van der Waals surface area contributed by atoms with Crippen LogP contribution in [0.2, 0.25) is 0 Å². The van der Waals surface area contributed by atoms with E-state index in [4.69, 9.17) is 18.0 Å². The monoisotopic (exact) mass is 396 g/mol. The lowest BCUT2D eigenvalue weighted by molar-refractivity contribution is 0.199. The number of nitrogens with zero attached hydrogens (tertiary/aromatic N) is 5. The molecule has 0 saturated heterocycles. The van der Waals surface area contributed by atoms with E-state index in [1.165, 1.54) is 6.21 Å². The Hall–Kier alpha value is -3.37. The minimum absolute atomic E-state index is 0.0606. The van der Waals surface area contributed by atoms with Crippen molar-refractivity contribution in [3.63, 3.8) is 0 Å². The Labute approximate surface area is 167 Å². The van der Waals surface area contributed by atoms with Gasteiger partial charge in [-0.1, -0.05) is 12.1 Å². The van der Waals surface area contributed by atoms with Crippen molar-refractivity contribution in [3.05, 3.63) is 54.1 Å². The van der Waals surface area contributed by atoms with Gasteiger partial charge in [-0.05, 0) is 42.9 Å². The number of nitrogens with two attached hydrogens (primary N) is 1. The van der Waals surface area contributed by atoms with Crippen LogP contribution in [0.5, 0.6) is 0 Å². The number of aromatic nitrogens is 4. The smallest absolute Gasteiger partial charge is 0.228 e. The fourth-order valence-corrected chi connectivity index (χ4v) is 2.54. The summed E-state index contributed by atoms with van der Waals surface area (Å²) in [4.78, 5) is 13.2. The van der Waals surface area contributed by atoms with Gasteiger partial charge in [-0.25, -0.2) is 15.0 Å². The molecule has 1 unspecified atom stereocenters. The fourth-order valence-electron chi connectivity index (χ4n) is 2.49. The number of nitrogens with one attached hydrogen (secondary N) is 2. The molecule has 1 atom stereocenters. The lowest BCUT2D eigenvalue weighted by Crippen LogP contribution is -2.24. The molecule has 1 aromatic carbocycles. The zero-order valence-electron chi connectivity index (χ0n) is 15.4. The zero-order chi connectivity index (χ0) is 20.1. The Morgan fingerprint density at radius 3 is 2.86 bits per heavy atom. The molecule has 2 heterocycles. The molecule has 9 nitrogen and oxygen atoms in total. The third-order valence-electron chi connectivity index (χ3n) is 3.82. The molecule has 3 aromatic rings. The highest BCUT2D eigenvalue weighted by Crippen LogP contribution is 2.22. The summed E-state index contributed by atoms with van der Waals surface area (Å²) in [5, 5.41) is 17.0. The molecule has 0 saturated carbocycles. The van der Waals surface area contributed by atoms with E-state index in [0.29, 0.717) is 17.3 Å². The number of aliphatic hydroxyl groups is 1. The van der Waals surface area contributed by atoms with Crippen LogP contribution in [0, 0.1) is 0 Å². The molecular formula is C18H20N8OS. The average Bonchev–Trinajstić information content (AvgIpc) is 3.07. The lowest BCUT2D eigenvalue weighted by atomic mass is 10.1. The van der Waals surface area contributed by atoms with Gasteiger partial charge < -0.3 is 20.7 Å².